The van der Waals surface area contributed by atoms with Crippen LogP contribution in [0.1, 0.15) is 19.4 Å². The Labute approximate surface area is 101 Å². The average molecular weight is 238 g/mol. The molecular formula is C13H18O4. The van der Waals surface area contributed by atoms with E-state index in [1.165, 1.54) is 6.92 Å². The van der Waals surface area contributed by atoms with Crippen LogP contribution in [0.15, 0.2) is 30.3 Å². The highest BCUT2D eigenvalue weighted by Gasteiger charge is 2.35. The van der Waals surface area contributed by atoms with Gasteiger partial charge in [0.15, 0.2) is 5.60 Å². The molecule has 0 fully saturated rings. The third-order valence-electron chi connectivity index (χ3n) is 2.41. The molecule has 1 aromatic rings. The van der Waals surface area contributed by atoms with Gasteiger partial charge in [0.1, 0.15) is 0 Å². The molecule has 0 aliphatic heterocycles. The average Bonchev–Trinajstić information content (AvgIpc) is 2.37. The van der Waals surface area contributed by atoms with Gasteiger partial charge in [0.05, 0.1) is 19.8 Å². The first-order chi connectivity index (χ1) is 8.12. The van der Waals surface area contributed by atoms with Gasteiger partial charge in [0.25, 0.3) is 0 Å². The maximum Gasteiger partial charge on any atom is 0.340 e. The summed E-state index contributed by atoms with van der Waals surface area (Å²) in [6.07, 6.45) is 0. The van der Waals surface area contributed by atoms with Gasteiger partial charge >= 0.3 is 5.97 Å². The van der Waals surface area contributed by atoms with Crippen molar-refractivity contribution in [2.24, 2.45) is 0 Å². The Hall–Kier alpha value is -1.39. The van der Waals surface area contributed by atoms with Crippen molar-refractivity contribution in [3.8, 4) is 0 Å². The first-order valence-electron chi connectivity index (χ1n) is 5.58. The van der Waals surface area contributed by atoms with Gasteiger partial charge in [0, 0.05) is 0 Å². The molecule has 94 valence electrons. The highest BCUT2D eigenvalue weighted by Crippen LogP contribution is 2.15. The molecule has 1 rings (SSSR count). The van der Waals surface area contributed by atoms with Crippen molar-refractivity contribution in [2.75, 3.05) is 13.2 Å². The number of carbonyl (C=O) groups is 1. The van der Waals surface area contributed by atoms with E-state index in [-0.39, 0.29) is 13.2 Å². The molecule has 4 heteroatoms. The van der Waals surface area contributed by atoms with Crippen LogP contribution in [0, 0.1) is 0 Å². The summed E-state index contributed by atoms with van der Waals surface area (Å²) in [5.74, 6) is -0.543. The Morgan fingerprint density at radius 2 is 2.00 bits per heavy atom. The van der Waals surface area contributed by atoms with Crippen LogP contribution < -0.4 is 0 Å². The van der Waals surface area contributed by atoms with E-state index in [1.54, 1.807) is 6.92 Å². The lowest BCUT2D eigenvalue weighted by Gasteiger charge is -2.25. The summed E-state index contributed by atoms with van der Waals surface area (Å²) in [4.78, 5) is 11.6. The Morgan fingerprint density at radius 1 is 1.35 bits per heavy atom. The van der Waals surface area contributed by atoms with Gasteiger partial charge in [-0.25, -0.2) is 4.79 Å². The van der Waals surface area contributed by atoms with E-state index >= 15 is 0 Å². The van der Waals surface area contributed by atoms with Gasteiger partial charge in [-0.05, 0) is 19.4 Å². The van der Waals surface area contributed by atoms with E-state index in [9.17, 15) is 9.90 Å². The smallest absolute Gasteiger partial charge is 0.340 e. The number of carbonyl (C=O) groups excluding carboxylic acids is 1. The van der Waals surface area contributed by atoms with E-state index in [2.05, 4.69) is 0 Å². The fourth-order valence-corrected chi connectivity index (χ4v) is 1.27. The largest absolute Gasteiger partial charge is 0.464 e. The summed E-state index contributed by atoms with van der Waals surface area (Å²) in [7, 11) is 0. The predicted molar refractivity (Wildman–Crippen MR) is 63.4 cm³/mol. The van der Waals surface area contributed by atoms with Gasteiger partial charge in [-0.2, -0.15) is 0 Å². The minimum absolute atomic E-state index is 0.261. The SMILES string of the molecule is CCOC(=O)C(C)(CO)OCc1ccccc1. The van der Waals surface area contributed by atoms with Crippen LogP contribution in [0.3, 0.4) is 0 Å². The maximum absolute atomic E-state index is 11.6. The van der Waals surface area contributed by atoms with Gasteiger partial charge in [-0.15, -0.1) is 0 Å². The summed E-state index contributed by atoms with van der Waals surface area (Å²) in [5, 5.41) is 9.23. The molecule has 0 spiro atoms. The fourth-order valence-electron chi connectivity index (χ4n) is 1.27. The monoisotopic (exact) mass is 238 g/mol. The summed E-state index contributed by atoms with van der Waals surface area (Å²) in [6, 6.07) is 9.46. The Balaban J connectivity index is 2.60. The van der Waals surface area contributed by atoms with Crippen LogP contribution in [0.25, 0.3) is 0 Å². The van der Waals surface area contributed by atoms with Gasteiger partial charge in [-0.1, -0.05) is 30.3 Å². The number of aliphatic hydroxyl groups is 1. The van der Waals surface area contributed by atoms with Crippen LogP contribution >= 0.6 is 0 Å². The van der Waals surface area contributed by atoms with Gasteiger partial charge in [-0.3, -0.25) is 0 Å². The number of esters is 1. The zero-order valence-electron chi connectivity index (χ0n) is 10.2. The predicted octanol–water partition coefficient (Wildman–Crippen LogP) is 1.52. The van der Waals surface area contributed by atoms with E-state index in [4.69, 9.17) is 9.47 Å². The minimum atomic E-state index is -1.30. The second kappa shape index (κ2) is 6.37. The number of hydrogen-bond acceptors (Lipinski definition) is 4. The van der Waals surface area contributed by atoms with Crippen LogP contribution in [-0.2, 0) is 20.9 Å². The lowest BCUT2D eigenvalue weighted by atomic mass is 10.1. The van der Waals surface area contributed by atoms with Gasteiger partial charge < -0.3 is 14.6 Å². The maximum atomic E-state index is 11.6. The standard InChI is InChI=1S/C13H18O4/c1-3-16-12(15)13(2,10-14)17-9-11-7-5-4-6-8-11/h4-8,14H,3,9-10H2,1-2H3. The van der Waals surface area contributed by atoms with Crippen molar-refractivity contribution in [3.05, 3.63) is 35.9 Å². The molecule has 0 bridgehead atoms. The molecule has 0 amide bonds. The van der Waals surface area contributed by atoms with Crippen LogP contribution in [0.2, 0.25) is 0 Å². The molecule has 1 atom stereocenters. The first kappa shape index (κ1) is 13.7. The third-order valence-corrected chi connectivity index (χ3v) is 2.41. The molecule has 0 radical (unpaired) electrons. The summed E-state index contributed by atoms with van der Waals surface area (Å²) in [6.45, 7) is 3.36. The minimum Gasteiger partial charge on any atom is -0.464 e. The number of ether oxygens (including phenoxy) is 2. The Kier molecular flexibility index (Phi) is 5.12. The van der Waals surface area contributed by atoms with Crippen LogP contribution in [0.4, 0.5) is 0 Å². The molecule has 1 unspecified atom stereocenters. The van der Waals surface area contributed by atoms with Crippen molar-refractivity contribution in [2.45, 2.75) is 26.1 Å². The molecule has 1 N–H and O–H groups in total. The molecule has 0 saturated heterocycles. The number of benzene rings is 1. The summed E-state index contributed by atoms with van der Waals surface area (Å²) >= 11 is 0. The fraction of sp³-hybridized carbons (Fsp3) is 0.462. The lowest BCUT2D eigenvalue weighted by molar-refractivity contribution is -0.177. The quantitative estimate of drug-likeness (QED) is 0.763. The van der Waals surface area contributed by atoms with Crippen molar-refractivity contribution in [3.63, 3.8) is 0 Å². The number of hydrogen-bond donors (Lipinski definition) is 1. The molecule has 1 aromatic carbocycles. The lowest BCUT2D eigenvalue weighted by Crippen LogP contribution is -2.43. The zero-order chi connectivity index (χ0) is 12.7. The molecule has 4 nitrogen and oxygen atoms in total. The number of aliphatic hydroxyl groups excluding tert-OH is 1. The second-order valence-electron chi connectivity index (χ2n) is 3.88. The first-order valence-corrected chi connectivity index (χ1v) is 5.58. The Morgan fingerprint density at radius 3 is 2.53 bits per heavy atom. The normalized spacial score (nSPS) is 14.1. The van der Waals surface area contributed by atoms with Crippen LogP contribution in [-0.4, -0.2) is 29.9 Å². The van der Waals surface area contributed by atoms with E-state index in [0.717, 1.165) is 5.56 Å². The summed E-state index contributed by atoms with van der Waals surface area (Å²) < 4.78 is 10.3. The summed E-state index contributed by atoms with van der Waals surface area (Å²) in [5.41, 5.74) is -0.359. The van der Waals surface area contributed by atoms with E-state index in [0.29, 0.717) is 0 Å². The van der Waals surface area contributed by atoms with Crippen molar-refractivity contribution in [1.82, 2.24) is 0 Å². The molecule has 0 aliphatic carbocycles. The second-order valence-corrected chi connectivity index (χ2v) is 3.88. The van der Waals surface area contributed by atoms with Gasteiger partial charge in [0.2, 0.25) is 0 Å². The molecule has 17 heavy (non-hydrogen) atoms. The van der Waals surface area contributed by atoms with Crippen LogP contribution in [0.5, 0.6) is 0 Å². The molecule has 0 heterocycles. The highest BCUT2D eigenvalue weighted by atomic mass is 16.6. The Bertz CT molecular complexity index is 350. The molecule has 0 aromatic heterocycles. The van der Waals surface area contributed by atoms with E-state index < -0.39 is 18.2 Å². The highest BCUT2D eigenvalue weighted by molar-refractivity contribution is 5.79. The number of rotatable bonds is 6. The molecule has 0 aliphatic rings. The van der Waals surface area contributed by atoms with Crippen molar-refractivity contribution in [1.29, 1.82) is 0 Å². The van der Waals surface area contributed by atoms with Crippen molar-refractivity contribution < 1.29 is 19.4 Å². The molecular weight excluding hydrogens is 220 g/mol. The topological polar surface area (TPSA) is 55.8 Å². The van der Waals surface area contributed by atoms with Crippen molar-refractivity contribution >= 4 is 5.97 Å². The van der Waals surface area contributed by atoms with E-state index in [1.807, 2.05) is 30.3 Å². The molecule has 0 saturated carbocycles. The zero-order valence-corrected chi connectivity index (χ0v) is 10.2. The third kappa shape index (κ3) is 3.84.